The van der Waals surface area contributed by atoms with Crippen LogP contribution in [0.25, 0.3) is 17.0 Å². The van der Waals surface area contributed by atoms with Gasteiger partial charge in [0.15, 0.2) is 11.5 Å². The molecule has 3 aromatic rings. The Labute approximate surface area is 157 Å². The fourth-order valence-corrected chi connectivity index (χ4v) is 3.06. The number of ether oxygens (including phenoxy) is 2. The number of Topliss-reactive ketones (excluding diaryl/α,β-unsaturated/α-hetero) is 1. The van der Waals surface area contributed by atoms with Crippen LogP contribution in [-0.2, 0) is 0 Å². The van der Waals surface area contributed by atoms with Crippen LogP contribution >= 0.6 is 0 Å². The Morgan fingerprint density at radius 1 is 1.26 bits per heavy atom. The third-order valence-corrected chi connectivity index (χ3v) is 4.32. The highest BCUT2D eigenvalue weighted by Gasteiger charge is 2.18. The van der Waals surface area contributed by atoms with Gasteiger partial charge in [0.05, 0.1) is 13.7 Å². The van der Waals surface area contributed by atoms with E-state index in [1.807, 2.05) is 38.1 Å². The van der Waals surface area contributed by atoms with Crippen LogP contribution in [0.3, 0.4) is 0 Å². The van der Waals surface area contributed by atoms with Crippen LogP contribution in [0.4, 0.5) is 0 Å². The number of fused-ring (bicyclic) bond motifs is 1. The van der Waals surface area contributed by atoms with E-state index >= 15 is 0 Å². The standard InChI is InChI=1S/C22H20N2O3/c1-4-27-19-9-8-15(11-20(19)26-3)10-16(12-23)22(25)17-13-24-18-7-5-6-14(2)21(17)18/h5-11,13,24H,4H2,1-3H3. The van der Waals surface area contributed by atoms with Crippen LogP contribution in [0.1, 0.15) is 28.4 Å². The molecule has 0 amide bonds. The molecule has 0 unspecified atom stereocenters. The number of carbonyl (C=O) groups excluding carboxylic acids is 1. The molecule has 5 nitrogen and oxygen atoms in total. The number of nitrogens with one attached hydrogen (secondary N) is 1. The van der Waals surface area contributed by atoms with Gasteiger partial charge in [0.1, 0.15) is 11.6 Å². The zero-order valence-corrected chi connectivity index (χ0v) is 15.5. The quantitative estimate of drug-likeness (QED) is 0.394. The highest BCUT2D eigenvalue weighted by atomic mass is 16.5. The first-order valence-electron chi connectivity index (χ1n) is 8.63. The maximum absolute atomic E-state index is 13.0. The van der Waals surface area contributed by atoms with Crippen LogP contribution in [0, 0.1) is 18.3 Å². The molecule has 0 fully saturated rings. The molecule has 0 bridgehead atoms. The summed E-state index contributed by atoms with van der Waals surface area (Å²) >= 11 is 0. The Balaban J connectivity index is 2.01. The molecule has 1 heterocycles. The first-order chi connectivity index (χ1) is 13.1. The molecule has 27 heavy (non-hydrogen) atoms. The van der Waals surface area contributed by atoms with Crippen molar-refractivity contribution in [1.82, 2.24) is 4.98 Å². The average Bonchev–Trinajstić information content (AvgIpc) is 3.12. The van der Waals surface area contributed by atoms with Gasteiger partial charge in [-0.3, -0.25) is 4.79 Å². The summed E-state index contributed by atoms with van der Waals surface area (Å²) in [6.07, 6.45) is 3.22. The van der Waals surface area contributed by atoms with Gasteiger partial charge in [-0.25, -0.2) is 0 Å². The topological polar surface area (TPSA) is 75.1 Å². The minimum Gasteiger partial charge on any atom is -0.493 e. The van der Waals surface area contributed by atoms with Crippen LogP contribution < -0.4 is 9.47 Å². The molecule has 0 radical (unpaired) electrons. The number of aromatic amines is 1. The lowest BCUT2D eigenvalue weighted by molar-refractivity contribution is 0.104. The molecular weight excluding hydrogens is 340 g/mol. The second kappa shape index (κ2) is 7.79. The highest BCUT2D eigenvalue weighted by molar-refractivity contribution is 6.20. The normalized spacial score (nSPS) is 11.3. The van der Waals surface area contributed by atoms with E-state index in [0.29, 0.717) is 29.2 Å². The smallest absolute Gasteiger partial charge is 0.205 e. The molecule has 2 aromatic carbocycles. The lowest BCUT2D eigenvalue weighted by atomic mass is 9.99. The van der Waals surface area contributed by atoms with Crippen molar-refractivity contribution in [3.63, 3.8) is 0 Å². The molecule has 1 aromatic heterocycles. The molecule has 0 spiro atoms. The Morgan fingerprint density at radius 3 is 2.78 bits per heavy atom. The molecule has 3 rings (SSSR count). The van der Waals surface area contributed by atoms with Gasteiger partial charge >= 0.3 is 0 Å². The predicted octanol–water partition coefficient (Wildman–Crippen LogP) is 4.67. The first-order valence-corrected chi connectivity index (χ1v) is 8.63. The van der Waals surface area contributed by atoms with Crippen LogP contribution in [-0.4, -0.2) is 24.5 Å². The summed E-state index contributed by atoms with van der Waals surface area (Å²) in [5, 5.41) is 10.4. The summed E-state index contributed by atoms with van der Waals surface area (Å²) in [4.78, 5) is 16.1. The number of hydrogen-bond donors (Lipinski definition) is 1. The van der Waals surface area contributed by atoms with E-state index in [-0.39, 0.29) is 11.4 Å². The lowest BCUT2D eigenvalue weighted by Gasteiger charge is -2.09. The van der Waals surface area contributed by atoms with E-state index in [4.69, 9.17) is 9.47 Å². The van der Waals surface area contributed by atoms with Crippen molar-refractivity contribution in [2.75, 3.05) is 13.7 Å². The first kappa shape index (κ1) is 18.3. The number of ketones is 1. The largest absolute Gasteiger partial charge is 0.493 e. The van der Waals surface area contributed by atoms with Crippen LogP contribution in [0.15, 0.2) is 48.2 Å². The van der Waals surface area contributed by atoms with E-state index < -0.39 is 0 Å². The number of nitriles is 1. The van der Waals surface area contributed by atoms with Crippen LogP contribution in [0.5, 0.6) is 11.5 Å². The maximum Gasteiger partial charge on any atom is 0.205 e. The number of rotatable bonds is 6. The summed E-state index contributed by atoms with van der Waals surface area (Å²) in [6.45, 7) is 4.36. The van der Waals surface area contributed by atoms with Gasteiger partial charge in [0.25, 0.3) is 0 Å². The summed E-state index contributed by atoms with van der Waals surface area (Å²) in [5.41, 5.74) is 3.10. The minimum absolute atomic E-state index is 0.0605. The molecule has 136 valence electrons. The fourth-order valence-electron chi connectivity index (χ4n) is 3.06. The summed E-state index contributed by atoms with van der Waals surface area (Å²) in [5.74, 6) is 0.860. The predicted molar refractivity (Wildman–Crippen MR) is 105 cm³/mol. The summed E-state index contributed by atoms with van der Waals surface area (Å²) in [6, 6.07) is 13.1. The second-order valence-electron chi connectivity index (χ2n) is 6.04. The second-order valence-corrected chi connectivity index (χ2v) is 6.04. The van der Waals surface area contributed by atoms with E-state index in [9.17, 15) is 10.1 Å². The van der Waals surface area contributed by atoms with E-state index in [2.05, 4.69) is 4.98 Å². The number of benzene rings is 2. The van der Waals surface area contributed by atoms with Crippen molar-refractivity contribution < 1.29 is 14.3 Å². The van der Waals surface area contributed by atoms with Gasteiger partial charge in [0.2, 0.25) is 5.78 Å². The summed E-state index contributed by atoms with van der Waals surface area (Å²) < 4.78 is 10.8. The number of aryl methyl sites for hydroxylation is 1. The number of methoxy groups -OCH3 is 1. The molecule has 0 atom stereocenters. The third kappa shape index (κ3) is 3.56. The van der Waals surface area contributed by atoms with Gasteiger partial charge in [-0.05, 0) is 49.2 Å². The van der Waals surface area contributed by atoms with Crippen molar-refractivity contribution in [3.8, 4) is 17.6 Å². The van der Waals surface area contributed by atoms with Gasteiger partial charge in [-0.2, -0.15) is 5.26 Å². The lowest BCUT2D eigenvalue weighted by Crippen LogP contribution is -2.02. The molecule has 0 aliphatic rings. The maximum atomic E-state index is 13.0. The zero-order valence-electron chi connectivity index (χ0n) is 15.5. The zero-order chi connectivity index (χ0) is 19.4. The van der Waals surface area contributed by atoms with Gasteiger partial charge in [-0.1, -0.05) is 18.2 Å². The Morgan fingerprint density at radius 2 is 2.07 bits per heavy atom. The molecule has 5 heteroatoms. The van der Waals surface area contributed by atoms with Gasteiger partial charge in [0, 0.05) is 22.7 Å². The fraction of sp³-hybridized carbons (Fsp3) is 0.182. The molecule has 1 N–H and O–H groups in total. The number of hydrogen-bond acceptors (Lipinski definition) is 4. The number of allylic oxidation sites excluding steroid dienone is 1. The third-order valence-electron chi connectivity index (χ3n) is 4.32. The highest BCUT2D eigenvalue weighted by Crippen LogP contribution is 2.30. The van der Waals surface area contributed by atoms with E-state index in [1.54, 1.807) is 37.6 Å². The minimum atomic E-state index is -0.314. The Hall–Kier alpha value is -3.52. The number of nitrogens with zero attached hydrogens (tertiary/aromatic N) is 1. The number of carbonyl (C=O) groups is 1. The van der Waals surface area contributed by atoms with Crippen molar-refractivity contribution in [1.29, 1.82) is 5.26 Å². The van der Waals surface area contributed by atoms with Crippen LogP contribution in [0.2, 0.25) is 0 Å². The molecule has 0 aliphatic carbocycles. The number of aromatic nitrogens is 1. The van der Waals surface area contributed by atoms with E-state index in [1.165, 1.54) is 0 Å². The van der Waals surface area contributed by atoms with Gasteiger partial charge < -0.3 is 14.5 Å². The molecule has 0 saturated heterocycles. The van der Waals surface area contributed by atoms with Crippen molar-refractivity contribution in [2.45, 2.75) is 13.8 Å². The van der Waals surface area contributed by atoms with Crippen molar-refractivity contribution >= 4 is 22.8 Å². The average molecular weight is 360 g/mol. The van der Waals surface area contributed by atoms with E-state index in [0.717, 1.165) is 16.5 Å². The molecule has 0 saturated carbocycles. The van der Waals surface area contributed by atoms with Crippen molar-refractivity contribution in [3.05, 3.63) is 64.9 Å². The van der Waals surface area contributed by atoms with Crippen molar-refractivity contribution in [2.24, 2.45) is 0 Å². The Bertz CT molecular complexity index is 1070. The van der Waals surface area contributed by atoms with Gasteiger partial charge in [-0.15, -0.1) is 0 Å². The SMILES string of the molecule is CCOc1ccc(C=C(C#N)C(=O)c2c[nH]c3cccc(C)c23)cc1OC. The summed E-state index contributed by atoms with van der Waals surface area (Å²) in [7, 11) is 1.55. The number of H-pyrrole nitrogens is 1. The molecular formula is C22H20N2O3. The monoisotopic (exact) mass is 360 g/mol. The Kier molecular flexibility index (Phi) is 5.28. The molecule has 0 aliphatic heterocycles.